The Balaban J connectivity index is 2.68. The van der Waals surface area contributed by atoms with Crippen LogP contribution in [0.1, 0.15) is 12.5 Å². The SMILES string of the molecule is CCNCc1cccnc1SC. The summed E-state index contributed by atoms with van der Waals surface area (Å²) in [5.41, 5.74) is 1.28. The highest BCUT2D eigenvalue weighted by Gasteiger charge is 1.99. The summed E-state index contributed by atoms with van der Waals surface area (Å²) < 4.78 is 0. The largest absolute Gasteiger partial charge is 0.313 e. The van der Waals surface area contributed by atoms with Crippen LogP contribution >= 0.6 is 11.8 Å². The first kappa shape index (κ1) is 9.55. The van der Waals surface area contributed by atoms with Crippen molar-refractivity contribution in [3.63, 3.8) is 0 Å². The summed E-state index contributed by atoms with van der Waals surface area (Å²) in [5.74, 6) is 0. The van der Waals surface area contributed by atoms with E-state index in [1.165, 1.54) is 5.56 Å². The molecule has 0 amide bonds. The van der Waals surface area contributed by atoms with Gasteiger partial charge in [0.1, 0.15) is 5.03 Å². The summed E-state index contributed by atoms with van der Waals surface area (Å²) in [4.78, 5) is 4.27. The van der Waals surface area contributed by atoms with Gasteiger partial charge in [0.05, 0.1) is 0 Å². The highest BCUT2D eigenvalue weighted by molar-refractivity contribution is 7.98. The first-order chi connectivity index (χ1) is 5.88. The van der Waals surface area contributed by atoms with Crippen molar-refractivity contribution in [2.75, 3.05) is 12.8 Å². The Kier molecular flexibility index (Phi) is 4.11. The zero-order valence-electron chi connectivity index (χ0n) is 7.50. The number of nitrogens with one attached hydrogen (secondary N) is 1. The van der Waals surface area contributed by atoms with Crippen molar-refractivity contribution in [2.24, 2.45) is 0 Å². The second-order valence-electron chi connectivity index (χ2n) is 2.45. The molecule has 0 bridgehead atoms. The molecule has 12 heavy (non-hydrogen) atoms. The Morgan fingerprint density at radius 2 is 2.42 bits per heavy atom. The Morgan fingerprint density at radius 1 is 1.58 bits per heavy atom. The van der Waals surface area contributed by atoms with E-state index < -0.39 is 0 Å². The molecule has 0 unspecified atom stereocenters. The van der Waals surface area contributed by atoms with Crippen LogP contribution in [0.5, 0.6) is 0 Å². The van der Waals surface area contributed by atoms with Crippen LogP contribution in [-0.2, 0) is 6.54 Å². The second kappa shape index (κ2) is 5.17. The number of hydrogen-bond acceptors (Lipinski definition) is 3. The lowest BCUT2D eigenvalue weighted by Gasteiger charge is -2.05. The lowest BCUT2D eigenvalue weighted by molar-refractivity contribution is 0.711. The van der Waals surface area contributed by atoms with Crippen LogP contribution in [0.2, 0.25) is 0 Å². The molecule has 3 heteroatoms. The molecule has 0 aliphatic carbocycles. The first-order valence-corrected chi connectivity index (χ1v) is 5.29. The van der Waals surface area contributed by atoms with E-state index in [1.54, 1.807) is 11.8 Å². The molecule has 0 atom stereocenters. The summed E-state index contributed by atoms with van der Waals surface area (Å²) in [5, 5.41) is 4.41. The Bertz CT molecular complexity index is 238. The molecule has 1 aromatic rings. The van der Waals surface area contributed by atoms with Crippen molar-refractivity contribution < 1.29 is 0 Å². The zero-order chi connectivity index (χ0) is 8.81. The maximum Gasteiger partial charge on any atom is 0.100 e. The van der Waals surface area contributed by atoms with Crippen molar-refractivity contribution in [3.05, 3.63) is 23.9 Å². The maximum atomic E-state index is 4.27. The minimum Gasteiger partial charge on any atom is -0.313 e. The molecular weight excluding hydrogens is 168 g/mol. The third-order valence-corrected chi connectivity index (χ3v) is 2.36. The number of thioether (sulfide) groups is 1. The Labute approximate surface area is 77.8 Å². The van der Waals surface area contributed by atoms with Crippen LogP contribution < -0.4 is 5.32 Å². The van der Waals surface area contributed by atoms with Crippen LogP contribution in [0.3, 0.4) is 0 Å². The molecule has 1 N–H and O–H groups in total. The van der Waals surface area contributed by atoms with E-state index in [-0.39, 0.29) is 0 Å². The van der Waals surface area contributed by atoms with Crippen molar-refractivity contribution in [1.82, 2.24) is 10.3 Å². The molecule has 0 spiro atoms. The average Bonchev–Trinajstić information content (AvgIpc) is 2.15. The van der Waals surface area contributed by atoms with Gasteiger partial charge in [0.2, 0.25) is 0 Å². The fraction of sp³-hybridized carbons (Fsp3) is 0.444. The van der Waals surface area contributed by atoms with Crippen LogP contribution in [-0.4, -0.2) is 17.8 Å². The summed E-state index contributed by atoms with van der Waals surface area (Å²) in [6.45, 7) is 4.03. The molecule has 0 radical (unpaired) electrons. The molecule has 0 aliphatic rings. The topological polar surface area (TPSA) is 24.9 Å². The first-order valence-electron chi connectivity index (χ1n) is 4.07. The van der Waals surface area contributed by atoms with Crippen LogP contribution in [0, 0.1) is 0 Å². The minimum atomic E-state index is 0.917. The predicted octanol–water partition coefficient (Wildman–Crippen LogP) is 1.91. The molecule has 0 fully saturated rings. The molecule has 0 saturated carbocycles. The van der Waals surface area contributed by atoms with Gasteiger partial charge in [0.25, 0.3) is 0 Å². The van der Waals surface area contributed by atoms with Gasteiger partial charge in [0, 0.05) is 12.7 Å². The third-order valence-electron chi connectivity index (χ3n) is 1.61. The van der Waals surface area contributed by atoms with Gasteiger partial charge in [-0.15, -0.1) is 11.8 Å². The van der Waals surface area contributed by atoms with E-state index in [9.17, 15) is 0 Å². The van der Waals surface area contributed by atoms with E-state index in [4.69, 9.17) is 0 Å². The van der Waals surface area contributed by atoms with E-state index in [0.29, 0.717) is 0 Å². The lowest BCUT2D eigenvalue weighted by Crippen LogP contribution is -2.12. The average molecular weight is 182 g/mol. The maximum absolute atomic E-state index is 4.27. The van der Waals surface area contributed by atoms with Gasteiger partial charge in [0.15, 0.2) is 0 Å². The van der Waals surface area contributed by atoms with Gasteiger partial charge in [-0.1, -0.05) is 13.0 Å². The van der Waals surface area contributed by atoms with Crippen molar-refractivity contribution in [3.8, 4) is 0 Å². The fourth-order valence-corrected chi connectivity index (χ4v) is 1.57. The summed E-state index contributed by atoms with van der Waals surface area (Å²) in [6.07, 6.45) is 3.89. The molecule has 1 aromatic heterocycles. The predicted molar refractivity (Wildman–Crippen MR) is 53.4 cm³/mol. The van der Waals surface area contributed by atoms with Gasteiger partial charge >= 0.3 is 0 Å². The molecule has 1 heterocycles. The number of rotatable bonds is 4. The van der Waals surface area contributed by atoms with Gasteiger partial charge in [-0.25, -0.2) is 4.98 Å². The molecule has 66 valence electrons. The molecular formula is C9H14N2S. The molecule has 1 rings (SSSR count). The van der Waals surface area contributed by atoms with E-state index in [2.05, 4.69) is 29.5 Å². The monoisotopic (exact) mass is 182 g/mol. The van der Waals surface area contributed by atoms with Crippen molar-refractivity contribution >= 4 is 11.8 Å². The number of pyridine rings is 1. The number of hydrogen-bond donors (Lipinski definition) is 1. The summed E-state index contributed by atoms with van der Waals surface area (Å²) in [6, 6.07) is 4.09. The van der Waals surface area contributed by atoms with Gasteiger partial charge in [-0.05, 0) is 24.4 Å². The minimum absolute atomic E-state index is 0.917. The molecule has 0 saturated heterocycles. The molecule has 0 aromatic carbocycles. The number of nitrogens with zero attached hydrogens (tertiary/aromatic N) is 1. The summed E-state index contributed by atoms with van der Waals surface area (Å²) >= 11 is 1.69. The highest BCUT2D eigenvalue weighted by Crippen LogP contribution is 2.15. The second-order valence-corrected chi connectivity index (χ2v) is 3.25. The Hall–Kier alpha value is -0.540. The van der Waals surface area contributed by atoms with Crippen LogP contribution in [0.4, 0.5) is 0 Å². The normalized spacial score (nSPS) is 10.2. The van der Waals surface area contributed by atoms with E-state index in [0.717, 1.165) is 18.1 Å². The smallest absolute Gasteiger partial charge is 0.100 e. The fourth-order valence-electron chi connectivity index (χ4n) is 1.00. The Morgan fingerprint density at radius 3 is 3.08 bits per heavy atom. The molecule has 0 aliphatic heterocycles. The standard InChI is InChI=1S/C9H14N2S/c1-3-10-7-8-5-4-6-11-9(8)12-2/h4-6,10H,3,7H2,1-2H3. The van der Waals surface area contributed by atoms with Crippen LogP contribution in [0.15, 0.2) is 23.4 Å². The zero-order valence-corrected chi connectivity index (χ0v) is 8.32. The van der Waals surface area contributed by atoms with Crippen molar-refractivity contribution in [1.29, 1.82) is 0 Å². The molecule has 2 nitrogen and oxygen atoms in total. The van der Waals surface area contributed by atoms with Gasteiger partial charge in [-0.2, -0.15) is 0 Å². The third kappa shape index (κ3) is 2.50. The van der Waals surface area contributed by atoms with Crippen LogP contribution in [0.25, 0.3) is 0 Å². The summed E-state index contributed by atoms with van der Waals surface area (Å²) in [7, 11) is 0. The highest BCUT2D eigenvalue weighted by atomic mass is 32.2. The quantitative estimate of drug-likeness (QED) is 0.720. The lowest BCUT2D eigenvalue weighted by atomic mass is 10.3. The van der Waals surface area contributed by atoms with Gasteiger partial charge < -0.3 is 5.32 Å². The number of aromatic nitrogens is 1. The van der Waals surface area contributed by atoms with Crippen molar-refractivity contribution in [2.45, 2.75) is 18.5 Å². The van der Waals surface area contributed by atoms with E-state index >= 15 is 0 Å². The van der Waals surface area contributed by atoms with E-state index in [1.807, 2.05) is 12.3 Å². The van der Waals surface area contributed by atoms with Gasteiger partial charge in [-0.3, -0.25) is 0 Å².